The van der Waals surface area contributed by atoms with Crippen LogP contribution in [-0.4, -0.2) is 11.4 Å². The molecule has 2 rings (SSSR count). The fourth-order valence-electron chi connectivity index (χ4n) is 1.32. The van der Waals surface area contributed by atoms with Gasteiger partial charge in [-0.1, -0.05) is 22.0 Å². The fraction of sp³-hybridized carbons (Fsp3) is 0. The molecule has 0 saturated carbocycles. The Balaban J connectivity index is 2.74. The lowest BCUT2D eigenvalue weighted by Crippen LogP contribution is -1.95. The zero-order valence-electron chi connectivity index (χ0n) is 7.20. The van der Waals surface area contributed by atoms with Crippen molar-refractivity contribution in [3.8, 4) is 0 Å². The number of anilines is 1. The van der Waals surface area contributed by atoms with Gasteiger partial charge in [0, 0.05) is 16.1 Å². The molecular weight excluding hydrogens is 244 g/mol. The molecule has 1 amide bonds. The Kier molecular flexibility index (Phi) is 2.45. The second-order valence-electron chi connectivity index (χ2n) is 2.76. The van der Waals surface area contributed by atoms with Crippen LogP contribution >= 0.6 is 15.9 Å². The number of carbonyl (C=O) groups excluding carboxylic acids is 1. The third-order valence-corrected chi connectivity index (χ3v) is 2.62. The van der Waals surface area contributed by atoms with Crippen LogP contribution in [0.5, 0.6) is 0 Å². The Morgan fingerprint density at radius 1 is 1.36 bits per heavy atom. The summed E-state index contributed by atoms with van der Waals surface area (Å²) in [6, 6.07) is 7.50. The molecule has 1 aromatic carbocycles. The van der Waals surface area contributed by atoms with Crippen molar-refractivity contribution in [3.63, 3.8) is 0 Å². The molecule has 4 heteroatoms. The van der Waals surface area contributed by atoms with Crippen molar-refractivity contribution in [3.05, 3.63) is 34.9 Å². The number of benzene rings is 1. The third-order valence-electron chi connectivity index (χ3n) is 1.93. The maximum atomic E-state index is 10.4. The molecule has 0 spiro atoms. The molecule has 14 heavy (non-hydrogen) atoms. The minimum Gasteiger partial charge on any atom is -0.327 e. The topological polar surface area (TPSA) is 42.0 Å². The molecule has 0 radical (unpaired) electrons. The quantitative estimate of drug-likeness (QED) is 0.833. The average Bonchev–Trinajstić information content (AvgIpc) is 2.23. The summed E-state index contributed by atoms with van der Waals surface area (Å²) in [4.78, 5) is 14.6. The predicted molar refractivity (Wildman–Crippen MR) is 59.1 cm³/mol. The van der Waals surface area contributed by atoms with Gasteiger partial charge in [0.2, 0.25) is 6.41 Å². The molecule has 0 fully saturated rings. The molecule has 0 atom stereocenters. The molecule has 1 N–H and O–H groups in total. The van der Waals surface area contributed by atoms with Crippen LogP contribution in [0.2, 0.25) is 0 Å². The summed E-state index contributed by atoms with van der Waals surface area (Å²) < 4.78 is 0.969. The molecular formula is C10H7BrN2O. The van der Waals surface area contributed by atoms with Gasteiger partial charge in [-0.05, 0) is 18.2 Å². The van der Waals surface area contributed by atoms with Gasteiger partial charge in [-0.15, -0.1) is 0 Å². The Labute approximate surface area is 89.3 Å². The zero-order chi connectivity index (χ0) is 9.97. The van der Waals surface area contributed by atoms with Gasteiger partial charge in [-0.25, -0.2) is 0 Å². The largest absolute Gasteiger partial charge is 0.327 e. The number of fused-ring (bicyclic) bond motifs is 1. The monoisotopic (exact) mass is 250 g/mol. The Hall–Kier alpha value is -1.42. The highest BCUT2D eigenvalue weighted by Gasteiger charge is 2.03. The normalized spacial score (nSPS) is 10.1. The summed E-state index contributed by atoms with van der Waals surface area (Å²) >= 11 is 3.43. The second-order valence-corrected chi connectivity index (χ2v) is 3.61. The van der Waals surface area contributed by atoms with Crippen molar-refractivity contribution in [1.82, 2.24) is 4.98 Å². The number of hydrogen-bond donors (Lipinski definition) is 1. The third kappa shape index (κ3) is 1.48. The second kappa shape index (κ2) is 3.75. The van der Waals surface area contributed by atoms with Gasteiger partial charge in [-0.2, -0.15) is 0 Å². The van der Waals surface area contributed by atoms with E-state index >= 15 is 0 Å². The molecule has 0 aliphatic heterocycles. The summed E-state index contributed by atoms with van der Waals surface area (Å²) in [7, 11) is 0. The summed E-state index contributed by atoms with van der Waals surface area (Å²) in [5.74, 6) is 0. The first-order valence-corrected chi connectivity index (χ1v) is 4.85. The maximum Gasteiger partial charge on any atom is 0.211 e. The minimum absolute atomic E-state index is 0.650. The molecule has 0 bridgehead atoms. The van der Waals surface area contributed by atoms with Gasteiger partial charge >= 0.3 is 0 Å². The number of rotatable bonds is 2. The van der Waals surface area contributed by atoms with Crippen molar-refractivity contribution in [2.45, 2.75) is 0 Å². The number of carbonyl (C=O) groups is 1. The van der Waals surface area contributed by atoms with Crippen LogP contribution in [0.15, 0.2) is 34.9 Å². The highest BCUT2D eigenvalue weighted by molar-refractivity contribution is 9.10. The van der Waals surface area contributed by atoms with E-state index in [9.17, 15) is 4.79 Å². The van der Waals surface area contributed by atoms with E-state index < -0.39 is 0 Å². The van der Waals surface area contributed by atoms with Crippen LogP contribution in [-0.2, 0) is 4.79 Å². The van der Waals surface area contributed by atoms with E-state index in [0.29, 0.717) is 6.41 Å². The summed E-state index contributed by atoms with van der Waals surface area (Å²) in [6.07, 6.45) is 2.35. The van der Waals surface area contributed by atoms with Crippen molar-refractivity contribution in [2.75, 3.05) is 5.32 Å². The number of amides is 1. The smallest absolute Gasteiger partial charge is 0.211 e. The van der Waals surface area contributed by atoms with Crippen molar-refractivity contribution < 1.29 is 4.79 Å². The number of aromatic nitrogens is 1. The summed E-state index contributed by atoms with van der Waals surface area (Å²) in [5, 5.41) is 3.60. The van der Waals surface area contributed by atoms with E-state index in [4.69, 9.17) is 0 Å². The van der Waals surface area contributed by atoms with Crippen molar-refractivity contribution in [1.29, 1.82) is 0 Å². The molecule has 3 nitrogen and oxygen atoms in total. The molecule has 1 heterocycles. The highest BCUT2D eigenvalue weighted by Crippen LogP contribution is 2.27. The number of nitrogens with zero attached hydrogens (tertiary/aromatic N) is 1. The molecule has 0 aliphatic rings. The SMILES string of the molecule is O=CNc1ccc(Br)c2cccnc12. The van der Waals surface area contributed by atoms with Crippen LogP contribution in [0.4, 0.5) is 5.69 Å². The van der Waals surface area contributed by atoms with E-state index in [1.807, 2.05) is 24.3 Å². The lowest BCUT2D eigenvalue weighted by atomic mass is 10.2. The van der Waals surface area contributed by atoms with E-state index in [1.165, 1.54) is 0 Å². The van der Waals surface area contributed by atoms with Crippen molar-refractivity contribution in [2.24, 2.45) is 0 Å². The van der Waals surface area contributed by atoms with Gasteiger partial charge in [0.05, 0.1) is 11.2 Å². The van der Waals surface area contributed by atoms with Gasteiger partial charge in [-0.3, -0.25) is 9.78 Å². The molecule has 1 aromatic heterocycles. The Morgan fingerprint density at radius 2 is 2.21 bits per heavy atom. The van der Waals surface area contributed by atoms with Gasteiger partial charge in [0.15, 0.2) is 0 Å². The van der Waals surface area contributed by atoms with E-state index in [-0.39, 0.29) is 0 Å². The molecule has 2 aromatic rings. The van der Waals surface area contributed by atoms with E-state index in [2.05, 4.69) is 26.2 Å². The van der Waals surface area contributed by atoms with Gasteiger partial charge in [0.25, 0.3) is 0 Å². The lowest BCUT2D eigenvalue weighted by Gasteiger charge is -2.04. The lowest BCUT2D eigenvalue weighted by molar-refractivity contribution is -0.105. The minimum atomic E-state index is 0.650. The number of hydrogen-bond acceptors (Lipinski definition) is 2. The van der Waals surface area contributed by atoms with E-state index in [0.717, 1.165) is 21.1 Å². The Morgan fingerprint density at radius 3 is 3.00 bits per heavy atom. The Bertz CT molecular complexity index is 485. The molecule has 0 saturated heterocycles. The van der Waals surface area contributed by atoms with Gasteiger partial charge in [0.1, 0.15) is 0 Å². The first-order chi connectivity index (χ1) is 6.83. The summed E-state index contributed by atoms with van der Waals surface area (Å²) in [6.45, 7) is 0. The van der Waals surface area contributed by atoms with Crippen LogP contribution in [0.1, 0.15) is 0 Å². The zero-order valence-corrected chi connectivity index (χ0v) is 8.78. The molecule has 0 aliphatic carbocycles. The number of halogens is 1. The van der Waals surface area contributed by atoms with Gasteiger partial charge < -0.3 is 5.32 Å². The average molecular weight is 251 g/mol. The van der Waals surface area contributed by atoms with Crippen LogP contribution < -0.4 is 5.32 Å². The highest BCUT2D eigenvalue weighted by atomic mass is 79.9. The van der Waals surface area contributed by atoms with Crippen molar-refractivity contribution >= 4 is 38.9 Å². The first kappa shape index (κ1) is 9.15. The number of pyridine rings is 1. The predicted octanol–water partition coefficient (Wildman–Crippen LogP) is 2.57. The van der Waals surface area contributed by atoms with Crippen LogP contribution in [0.3, 0.4) is 0 Å². The standard InChI is InChI=1S/C10H7BrN2O/c11-8-3-4-9(13-6-14)10-7(8)2-1-5-12-10/h1-6H,(H,13,14). The number of nitrogens with one attached hydrogen (secondary N) is 1. The molecule has 0 unspecified atom stereocenters. The molecule has 70 valence electrons. The fourth-order valence-corrected chi connectivity index (χ4v) is 1.77. The summed E-state index contributed by atoms with van der Waals surface area (Å²) in [5.41, 5.74) is 1.51. The van der Waals surface area contributed by atoms with E-state index in [1.54, 1.807) is 6.20 Å². The van der Waals surface area contributed by atoms with Crippen LogP contribution in [0.25, 0.3) is 10.9 Å². The van der Waals surface area contributed by atoms with Crippen LogP contribution in [0, 0.1) is 0 Å². The first-order valence-electron chi connectivity index (χ1n) is 4.06. The maximum absolute atomic E-state index is 10.4.